The zero-order valence-corrected chi connectivity index (χ0v) is 10.7. The van der Waals surface area contributed by atoms with Gasteiger partial charge in [0.15, 0.2) is 5.82 Å². The Morgan fingerprint density at radius 1 is 1.41 bits per heavy atom. The molecule has 1 aliphatic heterocycles. The zero-order chi connectivity index (χ0) is 12.3. The molecule has 0 saturated carbocycles. The lowest BCUT2D eigenvalue weighted by Gasteiger charge is -2.20. The van der Waals surface area contributed by atoms with Crippen molar-refractivity contribution in [3.8, 4) is 0 Å². The number of aromatic nitrogens is 1. The summed E-state index contributed by atoms with van der Waals surface area (Å²) >= 11 is 0. The van der Waals surface area contributed by atoms with Gasteiger partial charge in [-0.1, -0.05) is 0 Å². The van der Waals surface area contributed by atoms with Crippen LogP contribution in [0.15, 0.2) is 18.3 Å². The third kappa shape index (κ3) is 2.88. The van der Waals surface area contributed by atoms with E-state index >= 15 is 0 Å². The molecular weight excluding hydrogens is 238 g/mol. The first-order valence-electron chi connectivity index (χ1n) is 5.83. The number of nitrogens with one attached hydrogen (secondary N) is 1. The van der Waals surface area contributed by atoms with Crippen molar-refractivity contribution < 1.29 is 8.42 Å². The second-order valence-electron chi connectivity index (χ2n) is 4.07. The molecule has 0 aliphatic carbocycles. The predicted octanol–water partition coefficient (Wildman–Crippen LogP) is 1.44. The Morgan fingerprint density at radius 3 is 2.76 bits per heavy atom. The van der Waals surface area contributed by atoms with Crippen LogP contribution < -0.4 is 9.62 Å². The number of anilines is 2. The smallest absolute Gasteiger partial charge is 0.232 e. The molecule has 5 nitrogen and oxygen atoms in total. The minimum atomic E-state index is -3.24. The molecule has 1 fully saturated rings. The van der Waals surface area contributed by atoms with Crippen molar-refractivity contribution >= 4 is 21.5 Å². The van der Waals surface area contributed by atoms with Gasteiger partial charge in [-0.25, -0.2) is 13.4 Å². The van der Waals surface area contributed by atoms with E-state index in [-0.39, 0.29) is 5.75 Å². The number of nitrogens with zero attached hydrogens (tertiary/aromatic N) is 2. The van der Waals surface area contributed by atoms with Crippen LogP contribution in [0.5, 0.6) is 0 Å². The lowest BCUT2D eigenvalue weighted by Crippen LogP contribution is -2.22. The van der Waals surface area contributed by atoms with E-state index in [2.05, 4.69) is 14.6 Å². The van der Waals surface area contributed by atoms with Gasteiger partial charge in [-0.15, -0.1) is 0 Å². The molecule has 17 heavy (non-hydrogen) atoms. The third-order valence-electron chi connectivity index (χ3n) is 2.84. The summed E-state index contributed by atoms with van der Waals surface area (Å²) in [4.78, 5) is 6.40. The van der Waals surface area contributed by atoms with Crippen molar-refractivity contribution in [2.24, 2.45) is 0 Å². The Morgan fingerprint density at radius 2 is 2.12 bits per heavy atom. The van der Waals surface area contributed by atoms with Gasteiger partial charge in [0.2, 0.25) is 10.0 Å². The standard InChI is InChI=1S/C11H17N3O2S/c1-2-17(15,16)13-10-6-5-7-12-11(10)14-8-3-4-9-14/h5-7,13H,2-4,8-9H2,1H3. The van der Waals surface area contributed by atoms with E-state index in [0.717, 1.165) is 31.7 Å². The van der Waals surface area contributed by atoms with Crippen molar-refractivity contribution in [3.63, 3.8) is 0 Å². The van der Waals surface area contributed by atoms with Crippen molar-refractivity contribution in [1.82, 2.24) is 4.98 Å². The summed E-state index contributed by atoms with van der Waals surface area (Å²) in [6, 6.07) is 3.50. The summed E-state index contributed by atoms with van der Waals surface area (Å²) in [7, 11) is -3.24. The lowest BCUT2D eigenvalue weighted by atomic mass is 10.4. The third-order valence-corrected chi connectivity index (χ3v) is 4.13. The summed E-state index contributed by atoms with van der Waals surface area (Å²) in [5.74, 6) is 0.809. The highest BCUT2D eigenvalue weighted by atomic mass is 32.2. The molecular formula is C11H17N3O2S. The second kappa shape index (κ2) is 4.91. The molecule has 0 amide bonds. The predicted molar refractivity (Wildman–Crippen MR) is 68.8 cm³/mol. The fourth-order valence-corrected chi connectivity index (χ4v) is 2.54. The molecule has 0 unspecified atom stereocenters. The minimum absolute atomic E-state index is 0.0708. The maximum atomic E-state index is 11.6. The highest BCUT2D eigenvalue weighted by Crippen LogP contribution is 2.26. The maximum Gasteiger partial charge on any atom is 0.232 e. The van der Waals surface area contributed by atoms with Gasteiger partial charge in [0, 0.05) is 19.3 Å². The molecule has 1 aliphatic rings. The molecule has 0 atom stereocenters. The quantitative estimate of drug-likeness (QED) is 0.884. The molecule has 1 aromatic rings. The second-order valence-corrected chi connectivity index (χ2v) is 6.09. The normalized spacial score (nSPS) is 16.2. The topological polar surface area (TPSA) is 62.3 Å². The van der Waals surface area contributed by atoms with Crippen molar-refractivity contribution in [2.75, 3.05) is 28.5 Å². The Bertz CT molecular complexity index is 481. The van der Waals surface area contributed by atoms with E-state index < -0.39 is 10.0 Å². The Labute approximate surface area is 102 Å². The summed E-state index contributed by atoms with van der Waals surface area (Å²) in [5, 5.41) is 0. The first kappa shape index (κ1) is 12.2. The van der Waals surface area contributed by atoms with Crippen LogP contribution in [0.1, 0.15) is 19.8 Å². The molecule has 2 rings (SSSR count). The van der Waals surface area contributed by atoms with Gasteiger partial charge in [-0.3, -0.25) is 4.72 Å². The van der Waals surface area contributed by atoms with Crippen LogP contribution in [-0.2, 0) is 10.0 Å². The van der Waals surface area contributed by atoms with Gasteiger partial charge in [0.1, 0.15) is 0 Å². The highest BCUT2D eigenvalue weighted by molar-refractivity contribution is 7.92. The van der Waals surface area contributed by atoms with E-state index in [9.17, 15) is 8.42 Å². The van der Waals surface area contributed by atoms with E-state index in [1.54, 1.807) is 25.3 Å². The summed E-state index contributed by atoms with van der Waals surface area (Å²) in [5.41, 5.74) is 0.580. The van der Waals surface area contributed by atoms with Crippen molar-refractivity contribution in [2.45, 2.75) is 19.8 Å². The summed E-state index contributed by atoms with van der Waals surface area (Å²) in [6.45, 7) is 3.50. The zero-order valence-electron chi connectivity index (χ0n) is 9.89. The van der Waals surface area contributed by atoms with Gasteiger partial charge < -0.3 is 4.90 Å². The summed E-state index contributed by atoms with van der Waals surface area (Å²) < 4.78 is 25.7. The molecule has 1 N–H and O–H groups in total. The van der Waals surface area contributed by atoms with Crippen molar-refractivity contribution in [3.05, 3.63) is 18.3 Å². The molecule has 0 radical (unpaired) electrons. The molecule has 0 bridgehead atoms. The Hall–Kier alpha value is -1.30. The largest absolute Gasteiger partial charge is 0.355 e. The Balaban J connectivity index is 2.27. The van der Waals surface area contributed by atoms with Gasteiger partial charge in [0.25, 0.3) is 0 Å². The fraction of sp³-hybridized carbons (Fsp3) is 0.545. The minimum Gasteiger partial charge on any atom is -0.355 e. The monoisotopic (exact) mass is 255 g/mol. The highest BCUT2D eigenvalue weighted by Gasteiger charge is 2.18. The van der Waals surface area contributed by atoms with Crippen LogP contribution in [-0.4, -0.2) is 32.2 Å². The van der Waals surface area contributed by atoms with Crippen LogP contribution in [0.3, 0.4) is 0 Å². The molecule has 1 saturated heterocycles. The summed E-state index contributed by atoms with van der Waals surface area (Å²) in [6.07, 6.45) is 3.96. The van der Waals surface area contributed by atoms with Crippen LogP contribution >= 0.6 is 0 Å². The van der Waals surface area contributed by atoms with Gasteiger partial charge in [-0.05, 0) is 31.9 Å². The first-order chi connectivity index (χ1) is 8.12. The molecule has 2 heterocycles. The fourth-order valence-electron chi connectivity index (χ4n) is 1.90. The van der Waals surface area contributed by atoms with Gasteiger partial charge in [0.05, 0.1) is 11.4 Å². The van der Waals surface area contributed by atoms with Crippen LogP contribution in [0, 0.1) is 0 Å². The number of hydrogen-bond donors (Lipinski definition) is 1. The van der Waals surface area contributed by atoms with E-state index in [4.69, 9.17) is 0 Å². The van der Waals surface area contributed by atoms with Gasteiger partial charge in [-0.2, -0.15) is 0 Å². The molecule has 6 heteroatoms. The number of hydrogen-bond acceptors (Lipinski definition) is 4. The molecule has 94 valence electrons. The number of sulfonamides is 1. The van der Waals surface area contributed by atoms with E-state index in [0.29, 0.717) is 5.69 Å². The first-order valence-corrected chi connectivity index (χ1v) is 7.48. The molecule has 1 aromatic heterocycles. The van der Waals surface area contributed by atoms with E-state index in [1.807, 2.05) is 0 Å². The number of rotatable bonds is 4. The van der Waals surface area contributed by atoms with Crippen LogP contribution in [0.4, 0.5) is 11.5 Å². The van der Waals surface area contributed by atoms with E-state index in [1.165, 1.54) is 0 Å². The van der Waals surface area contributed by atoms with Crippen molar-refractivity contribution in [1.29, 1.82) is 0 Å². The average Bonchev–Trinajstić information content (AvgIpc) is 2.83. The maximum absolute atomic E-state index is 11.6. The Kier molecular flexibility index (Phi) is 3.51. The average molecular weight is 255 g/mol. The van der Waals surface area contributed by atoms with Gasteiger partial charge >= 0.3 is 0 Å². The van der Waals surface area contributed by atoms with Crippen LogP contribution in [0.25, 0.3) is 0 Å². The molecule has 0 spiro atoms. The number of pyridine rings is 1. The lowest BCUT2D eigenvalue weighted by molar-refractivity contribution is 0.602. The van der Waals surface area contributed by atoms with Crippen LogP contribution in [0.2, 0.25) is 0 Å². The SMILES string of the molecule is CCS(=O)(=O)Nc1cccnc1N1CCCC1. The molecule has 0 aromatic carbocycles.